The zero-order valence-electron chi connectivity index (χ0n) is 31.5. The molecule has 0 nitrogen and oxygen atoms in total. The summed E-state index contributed by atoms with van der Waals surface area (Å²) in [6.45, 7) is 24.0. The van der Waals surface area contributed by atoms with Crippen molar-refractivity contribution in [1.82, 2.24) is 0 Å². The molecule has 48 heavy (non-hydrogen) atoms. The molecule has 6 aromatic carbocycles. The van der Waals surface area contributed by atoms with Gasteiger partial charge in [0.25, 0.3) is 0 Å². The van der Waals surface area contributed by atoms with E-state index in [0.717, 1.165) is 0 Å². The quantitative estimate of drug-likeness (QED) is 0.116. The molecule has 0 heterocycles. The van der Waals surface area contributed by atoms with Crippen LogP contribution in [-0.2, 0) is 25.8 Å². The topological polar surface area (TPSA) is 0 Å². The van der Waals surface area contributed by atoms with Crippen molar-refractivity contribution < 1.29 is 25.8 Å². The van der Waals surface area contributed by atoms with E-state index in [1.807, 2.05) is 0 Å². The number of hydrogen-bond acceptors (Lipinski definition) is 0. The fourth-order valence-electron chi connectivity index (χ4n) is 8.52. The van der Waals surface area contributed by atoms with E-state index < -0.39 is 8.07 Å². The molecule has 6 aromatic rings. The monoisotopic (exact) mass is 816 g/mol. The minimum Gasteiger partial charge on any atom is -0.358 e. The molecule has 0 radical (unpaired) electrons. The average molecular weight is 816 g/mol. The Morgan fingerprint density at radius 2 is 0.833 bits per heavy atom. The van der Waals surface area contributed by atoms with Crippen molar-refractivity contribution >= 4 is 40.0 Å². The Hall–Kier alpha value is -2.81. The van der Waals surface area contributed by atoms with Gasteiger partial charge in [-0.2, -0.15) is 12.1 Å². The van der Waals surface area contributed by atoms with Crippen molar-refractivity contribution in [2.45, 2.75) is 91.1 Å². The van der Waals surface area contributed by atoms with Gasteiger partial charge in [0.1, 0.15) is 0 Å². The maximum atomic E-state index is 2.58. The van der Waals surface area contributed by atoms with Crippen molar-refractivity contribution in [3.63, 3.8) is 0 Å². The molecule has 0 spiro atoms. The molecule has 0 N–H and O–H groups in total. The molecule has 0 saturated heterocycles. The van der Waals surface area contributed by atoms with Gasteiger partial charge in [0, 0.05) is 0 Å². The molecule has 0 bridgehead atoms. The Balaban J connectivity index is 0.00000208. The summed E-state index contributed by atoms with van der Waals surface area (Å²) in [4.78, 5) is 0. The van der Waals surface area contributed by atoms with Crippen LogP contribution in [0.4, 0.5) is 0 Å². The van der Waals surface area contributed by atoms with Gasteiger partial charge >= 0.3 is 25.8 Å². The first-order valence-corrected chi connectivity index (χ1v) is 18.8. The Morgan fingerprint density at radius 1 is 0.500 bits per heavy atom. The molecular formula is C46H56HfSi. The van der Waals surface area contributed by atoms with Crippen molar-refractivity contribution in [2.24, 2.45) is 0 Å². The molecule has 0 aromatic heterocycles. The summed E-state index contributed by atoms with van der Waals surface area (Å²) in [6, 6.07) is 42.4. The third-order valence-electron chi connectivity index (χ3n) is 10.4. The van der Waals surface area contributed by atoms with Crippen LogP contribution >= 0.6 is 0 Å². The van der Waals surface area contributed by atoms with Crippen LogP contribution in [0.2, 0.25) is 10.1 Å². The van der Waals surface area contributed by atoms with Crippen molar-refractivity contribution in [3.05, 3.63) is 135 Å². The van der Waals surface area contributed by atoms with Crippen molar-refractivity contribution in [3.8, 4) is 22.3 Å². The molecule has 6 rings (SSSR count). The van der Waals surface area contributed by atoms with Gasteiger partial charge in [0.2, 0.25) is 0 Å². The van der Waals surface area contributed by atoms with E-state index in [1.54, 1.807) is 10.4 Å². The first-order valence-electron chi connectivity index (χ1n) is 16.8. The van der Waals surface area contributed by atoms with Crippen LogP contribution in [0.25, 0.3) is 43.8 Å². The molecule has 0 aliphatic heterocycles. The largest absolute Gasteiger partial charge is 4.00 e. The molecule has 0 saturated carbocycles. The molecule has 0 amide bonds. The van der Waals surface area contributed by atoms with Crippen LogP contribution < -0.4 is 10.4 Å². The Kier molecular flexibility index (Phi) is 12.0. The van der Waals surface area contributed by atoms with Gasteiger partial charge < -0.3 is 14.9 Å². The van der Waals surface area contributed by atoms with E-state index in [-0.39, 0.29) is 50.8 Å². The zero-order valence-corrected chi connectivity index (χ0v) is 36.1. The molecule has 0 aliphatic rings. The number of hydrogen-bond donors (Lipinski definition) is 0. The van der Waals surface area contributed by atoms with Gasteiger partial charge in [-0.25, -0.2) is 0 Å². The van der Waals surface area contributed by atoms with Gasteiger partial charge in [-0.1, -0.05) is 141 Å². The summed E-state index contributed by atoms with van der Waals surface area (Å²) in [6.07, 6.45) is 0. The Morgan fingerprint density at radius 3 is 1.12 bits per heavy atom. The van der Waals surface area contributed by atoms with E-state index in [2.05, 4.69) is 178 Å². The van der Waals surface area contributed by atoms with Gasteiger partial charge in [-0.15, -0.1) is 68.3 Å². The van der Waals surface area contributed by atoms with Crippen LogP contribution in [0.5, 0.6) is 0 Å². The number of rotatable bonds is 6. The Bertz CT molecular complexity index is 1800. The summed E-state index contributed by atoms with van der Waals surface area (Å²) < 4.78 is 0. The van der Waals surface area contributed by atoms with E-state index >= 15 is 0 Å². The van der Waals surface area contributed by atoms with E-state index in [0.29, 0.717) is 11.8 Å². The third kappa shape index (κ3) is 6.69. The van der Waals surface area contributed by atoms with E-state index in [1.165, 1.54) is 54.9 Å². The number of benzene rings is 4. The molecule has 0 unspecified atom stereocenters. The van der Waals surface area contributed by atoms with Crippen molar-refractivity contribution in [1.29, 1.82) is 0 Å². The minimum absolute atomic E-state index is 0. The zero-order chi connectivity index (χ0) is 32.3. The SMILES string of the molecule is CC(C)c1ccc(-c2cccc3[cH-]c([Si](c4cc5c(-c6ccc(C(C)C)cc6)cccc5[cH-]4)(C(C)(C)C)C(C)(C)C)cc23)cc1.[CH3-].[CH3-].[Hf+4]. The summed E-state index contributed by atoms with van der Waals surface area (Å²) in [5.41, 5.74) is 8.04. The summed E-state index contributed by atoms with van der Waals surface area (Å²) >= 11 is 0. The van der Waals surface area contributed by atoms with E-state index in [9.17, 15) is 0 Å². The minimum atomic E-state index is -2.41. The average Bonchev–Trinajstić information content (AvgIpc) is 3.60. The van der Waals surface area contributed by atoms with Gasteiger partial charge in [0.05, 0.1) is 8.07 Å². The molecule has 0 fully saturated rings. The smallest absolute Gasteiger partial charge is 0.358 e. The predicted molar refractivity (Wildman–Crippen MR) is 215 cm³/mol. The second-order valence-corrected chi connectivity index (χ2v) is 21.6. The Labute approximate surface area is 312 Å². The molecule has 2 heteroatoms. The van der Waals surface area contributed by atoms with Crippen molar-refractivity contribution in [2.75, 3.05) is 0 Å². The van der Waals surface area contributed by atoms with E-state index in [4.69, 9.17) is 0 Å². The summed E-state index contributed by atoms with van der Waals surface area (Å²) in [5, 5.41) is 8.69. The second-order valence-electron chi connectivity index (χ2n) is 15.9. The molecular weight excluding hydrogens is 759 g/mol. The predicted octanol–water partition coefficient (Wildman–Crippen LogP) is 13.1. The van der Waals surface area contributed by atoms with Crippen LogP contribution in [0.1, 0.15) is 92.2 Å². The maximum absolute atomic E-state index is 2.58. The molecule has 0 aliphatic carbocycles. The first-order chi connectivity index (χ1) is 21.2. The summed E-state index contributed by atoms with van der Waals surface area (Å²) in [7, 11) is -2.41. The van der Waals surface area contributed by atoms with Gasteiger partial charge in [-0.3, -0.25) is 0 Å². The number of fused-ring (bicyclic) bond motifs is 2. The van der Waals surface area contributed by atoms with Crippen LogP contribution in [0.3, 0.4) is 0 Å². The fraction of sp³-hybridized carbons (Fsp3) is 0.304. The van der Waals surface area contributed by atoms with Crippen LogP contribution in [0, 0.1) is 14.9 Å². The van der Waals surface area contributed by atoms with Crippen LogP contribution in [0.15, 0.2) is 109 Å². The summed E-state index contributed by atoms with van der Waals surface area (Å²) in [5.74, 6) is 1.07. The third-order valence-corrected chi connectivity index (χ3v) is 17.2. The van der Waals surface area contributed by atoms with Crippen LogP contribution in [-0.4, -0.2) is 8.07 Å². The normalized spacial score (nSPS) is 12.2. The second kappa shape index (κ2) is 14.6. The van der Waals surface area contributed by atoms with Gasteiger partial charge in [0.15, 0.2) is 0 Å². The molecule has 0 atom stereocenters. The first kappa shape index (κ1) is 39.6. The standard InChI is InChI=1S/C44H50Si.2CH3.Hf/c1-29(2)31-17-21-33(22-18-31)39-15-11-13-35-25-37(27-41(35)39)45(43(5,6)7,44(8,9)10)38-26-36-14-12-16-40(42(36)28-38)34-23-19-32(20-24-34)30(3)4;;;/h11-30H,1-10H3;2*1H3;/q-2;2*-1;+4. The molecule has 248 valence electrons. The maximum Gasteiger partial charge on any atom is 4.00 e. The fourth-order valence-corrected chi connectivity index (χ4v) is 16.0. The van der Waals surface area contributed by atoms with Gasteiger partial charge in [-0.05, 0) is 44.2 Å².